The molecule has 0 aliphatic carbocycles. The van der Waals surface area contributed by atoms with Crippen LogP contribution in [-0.4, -0.2) is 50.1 Å². The Balaban J connectivity index is 0.00000312. The summed E-state index contributed by atoms with van der Waals surface area (Å²) >= 11 is 0. The first-order chi connectivity index (χ1) is 11.4. The molecule has 8 heteroatoms. The lowest BCUT2D eigenvalue weighted by molar-refractivity contribution is -0.122. The van der Waals surface area contributed by atoms with Crippen molar-refractivity contribution in [3.63, 3.8) is 0 Å². The topological polar surface area (TPSA) is 67.6 Å². The second kappa shape index (κ2) is 9.89. The third-order valence-electron chi connectivity index (χ3n) is 4.38. The number of benzene rings is 1. The second-order valence-electron chi connectivity index (χ2n) is 6.60. The van der Waals surface area contributed by atoms with E-state index in [9.17, 15) is 13.6 Å². The van der Waals surface area contributed by atoms with Gasteiger partial charge in [0.1, 0.15) is 5.75 Å². The number of ether oxygens (including phenoxy) is 1. The summed E-state index contributed by atoms with van der Waals surface area (Å²) in [5, 5.41) is 2.89. The molecule has 2 rings (SSSR count). The zero-order chi connectivity index (χ0) is 17.6. The molecule has 0 radical (unpaired) electrons. The fourth-order valence-corrected chi connectivity index (χ4v) is 2.87. The summed E-state index contributed by atoms with van der Waals surface area (Å²) in [6, 6.07) is 6.44. The van der Waals surface area contributed by atoms with Crippen molar-refractivity contribution in [1.29, 1.82) is 0 Å². The number of nitrogens with one attached hydrogen (secondary N) is 1. The van der Waals surface area contributed by atoms with Crippen molar-refractivity contribution in [2.45, 2.75) is 26.4 Å². The van der Waals surface area contributed by atoms with Crippen LogP contribution in [0, 0.1) is 5.41 Å². The van der Waals surface area contributed by atoms with E-state index in [4.69, 9.17) is 5.73 Å². The fraction of sp³-hybridized carbons (Fsp3) is 0.588. The van der Waals surface area contributed by atoms with E-state index in [0.29, 0.717) is 26.1 Å². The number of hydrogen-bond donors (Lipinski definition) is 2. The largest absolute Gasteiger partial charge is 0.435 e. The maximum atomic E-state index is 12.1. The SMILES string of the molecule is CC1(CN)CCN(CC(=O)NCCc2ccc(OC(F)F)cc2)C1.Cl. The number of nitrogens with two attached hydrogens (primary N) is 1. The molecule has 1 aromatic rings. The van der Waals surface area contributed by atoms with Gasteiger partial charge in [-0.05, 0) is 49.0 Å². The molecule has 1 saturated heterocycles. The Bertz CT molecular complexity index is 545. The van der Waals surface area contributed by atoms with Gasteiger partial charge in [0.25, 0.3) is 0 Å². The predicted molar refractivity (Wildman–Crippen MR) is 95.3 cm³/mol. The normalized spacial score (nSPS) is 20.4. The Labute approximate surface area is 153 Å². The average molecular weight is 378 g/mol. The Morgan fingerprint density at radius 3 is 2.64 bits per heavy atom. The Morgan fingerprint density at radius 2 is 2.08 bits per heavy atom. The molecule has 25 heavy (non-hydrogen) atoms. The smallest absolute Gasteiger partial charge is 0.387 e. The second-order valence-corrected chi connectivity index (χ2v) is 6.60. The third-order valence-corrected chi connectivity index (χ3v) is 4.38. The number of hydrogen-bond acceptors (Lipinski definition) is 4. The molecular weight excluding hydrogens is 352 g/mol. The molecular formula is C17H26ClF2N3O2. The van der Waals surface area contributed by atoms with E-state index >= 15 is 0 Å². The molecule has 0 aromatic heterocycles. The molecule has 142 valence electrons. The van der Waals surface area contributed by atoms with Gasteiger partial charge in [-0.1, -0.05) is 19.1 Å². The van der Waals surface area contributed by atoms with Crippen molar-refractivity contribution in [1.82, 2.24) is 10.2 Å². The monoisotopic (exact) mass is 377 g/mol. The highest BCUT2D eigenvalue weighted by atomic mass is 35.5. The van der Waals surface area contributed by atoms with Crippen molar-refractivity contribution < 1.29 is 18.3 Å². The maximum Gasteiger partial charge on any atom is 0.387 e. The summed E-state index contributed by atoms with van der Waals surface area (Å²) in [6.07, 6.45) is 1.66. The molecule has 1 heterocycles. The lowest BCUT2D eigenvalue weighted by Crippen LogP contribution is -2.38. The standard InChI is InChI=1S/C17H25F2N3O2.ClH/c1-17(11-20)7-9-22(12-17)10-15(23)21-8-6-13-2-4-14(5-3-13)24-16(18)19;/h2-5,16H,6-12,20H2,1H3,(H,21,23);1H. The number of carbonyl (C=O) groups excluding carboxylic acids is 1. The third kappa shape index (κ3) is 7.13. The van der Waals surface area contributed by atoms with Gasteiger partial charge in [0, 0.05) is 13.1 Å². The molecule has 1 atom stereocenters. The van der Waals surface area contributed by atoms with Gasteiger partial charge < -0.3 is 15.8 Å². The average Bonchev–Trinajstić information content (AvgIpc) is 2.90. The first-order valence-corrected chi connectivity index (χ1v) is 8.13. The van der Waals surface area contributed by atoms with Gasteiger partial charge in [0.15, 0.2) is 0 Å². The van der Waals surface area contributed by atoms with Gasteiger partial charge >= 0.3 is 6.61 Å². The number of likely N-dealkylation sites (tertiary alicyclic amines) is 1. The van der Waals surface area contributed by atoms with Crippen LogP contribution in [0.4, 0.5) is 8.78 Å². The van der Waals surface area contributed by atoms with E-state index in [1.165, 1.54) is 12.1 Å². The van der Waals surface area contributed by atoms with Crippen LogP contribution in [0.15, 0.2) is 24.3 Å². The first-order valence-electron chi connectivity index (χ1n) is 8.13. The van der Waals surface area contributed by atoms with Crippen LogP contribution in [0.25, 0.3) is 0 Å². The number of amides is 1. The Morgan fingerprint density at radius 1 is 1.40 bits per heavy atom. The van der Waals surface area contributed by atoms with E-state index in [0.717, 1.165) is 25.1 Å². The van der Waals surface area contributed by atoms with Crippen LogP contribution in [0.3, 0.4) is 0 Å². The van der Waals surface area contributed by atoms with Crippen molar-refractivity contribution in [3.05, 3.63) is 29.8 Å². The van der Waals surface area contributed by atoms with E-state index in [2.05, 4.69) is 21.9 Å². The summed E-state index contributed by atoms with van der Waals surface area (Å²) in [6.45, 7) is 2.60. The van der Waals surface area contributed by atoms with Gasteiger partial charge in [0.05, 0.1) is 6.54 Å². The molecule has 1 unspecified atom stereocenters. The van der Waals surface area contributed by atoms with Crippen LogP contribution in [0.2, 0.25) is 0 Å². The highest BCUT2D eigenvalue weighted by Gasteiger charge is 2.32. The molecule has 1 aliphatic heterocycles. The van der Waals surface area contributed by atoms with Crippen LogP contribution in [0.5, 0.6) is 5.75 Å². The summed E-state index contributed by atoms with van der Waals surface area (Å²) < 4.78 is 28.4. The number of nitrogens with zero attached hydrogens (tertiary/aromatic N) is 1. The molecule has 0 spiro atoms. The summed E-state index contributed by atoms with van der Waals surface area (Å²) in [7, 11) is 0. The number of carbonyl (C=O) groups is 1. The zero-order valence-electron chi connectivity index (χ0n) is 14.3. The minimum absolute atomic E-state index is 0. The highest BCUT2D eigenvalue weighted by molar-refractivity contribution is 5.85. The van der Waals surface area contributed by atoms with Crippen LogP contribution in [-0.2, 0) is 11.2 Å². The number of halogens is 3. The van der Waals surface area contributed by atoms with Gasteiger partial charge in [-0.15, -0.1) is 12.4 Å². The van der Waals surface area contributed by atoms with Gasteiger partial charge in [0.2, 0.25) is 5.91 Å². The lowest BCUT2D eigenvalue weighted by atomic mass is 9.90. The molecule has 1 aliphatic rings. The predicted octanol–water partition coefficient (Wildman–Crippen LogP) is 2.04. The van der Waals surface area contributed by atoms with Gasteiger partial charge in [-0.3, -0.25) is 9.69 Å². The maximum absolute atomic E-state index is 12.1. The van der Waals surface area contributed by atoms with Gasteiger partial charge in [-0.25, -0.2) is 0 Å². The lowest BCUT2D eigenvalue weighted by Gasteiger charge is -2.22. The molecule has 1 aromatic carbocycles. The van der Waals surface area contributed by atoms with Crippen LogP contribution in [0.1, 0.15) is 18.9 Å². The number of alkyl halides is 2. The minimum atomic E-state index is -2.82. The van der Waals surface area contributed by atoms with Gasteiger partial charge in [-0.2, -0.15) is 8.78 Å². The summed E-state index contributed by atoms with van der Waals surface area (Å²) in [4.78, 5) is 14.1. The van der Waals surface area contributed by atoms with Crippen molar-refractivity contribution in [2.24, 2.45) is 11.1 Å². The quantitative estimate of drug-likeness (QED) is 0.727. The fourth-order valence-electron chi connectivity index (χ4n) is 2.87. The van der Waals surface area contributed by atoms with E-state index in [1.807, 2.05) is 0 Å². The minimum Gasteiger partial charge on any atom is -0.435 e. The molecule has 0 saturated carbocycles. The van der Waals surface area contributed by atoms with E-state index < -0.39 is 6.61 Å². The van der Waals surface area contributed by atoms with Crippen molar-refractivity contribution in [3.8, 4) is 5.75 Å². The first kappa shape index (κ1) is 21.6. The Kier molecular flexibility index (Phi) is 8.55. The van der Waals surface area contributed by atoms with Crippen molar-refractivity contribution >= 4 is 18.3 Å². The summed E-state index contributed by atoms with van der Waals surface area (Å²) in [5.41, 5.74) is 6.83. The van der Waals surface area contributed by atoms with E-state index in [1.54, 1.807) is 12.1 Å². The number of rotatable bonds is 8. The molecule has 3 N–H and O–H groups in total. The molecule has 5 nitrogen and oxygen atoms in total. The molecule has 1 fully saturated rings. The van der Waals surface area contributed by atoms with Crippen molar-refractivity contribution in [2.75, 3.05) is 32.7 Å². The van der Waals surface area contributed by atoms with Crippen LogP contribution < -0.4 is 15.8 Å². The zero-order valence-corrected chi connectivity index (χ0v) is 15.2. The van der Waals surface area contributed by atoms with Crippen LogP contribution >= 0.6 is 12.4 Å². The summed E-state index contributed by atoms with van der Waals surface area (Å²) in [5.74, 6) is 0.128. The molecule has 0 bridgehead atoms. The Hall–Kier alpha value is -1.44. The van der Waals surface area contributed by atoms with E-state index in [-0.39, 0.29) is 29.5 Å². The molecule has 1 amide bonds. The highest BCUT2D eigenvalue weighted by Crippen LogP contribution is 2.27.